The number of rotatable bonds is 7. The molecule has 0 unspecified atom stereocenters. The van der Waals surface area contributed by atoms with Gasteiger partial charge in [0.05, 0.1) is 23.1 Å². The van der Waals surface area contributed by atoms with E-state index < -0.39 is 0 Å². The summed E-state index contributed by atoms with van der Waals surface area (Å²) in [6, 6.07) is 12.8. The normalized spacial score (nSPS) is 12.7. The van der Waals surface area contributed by atoms with E-state index in [1.165, 1.54) is 24.6 Å². The summed E-state index contributed by atoms with van der Waals surface area (Å²) < 4.78 is 0. The zero-order valence-corrected chi connectivity index (χ0v) is 17.2. The lowest BCUT2D eigenvalue weighted by atomic mass is 10.1. The van der Waals surface area contributed by atoms with Crippen LogP contribution in [0.5, 0.6) is 0 Å². The predicted octanol–water partition coefficient (Wildman–Crippen LogP) is 4.49. The molecule has 0 radical (unpaired) electrons. The first-order valence-electron chi connectivity index (χ1n) is 10.3. The van der Waals surface area contributed by atoms with Crippen LogP contribution in [0.2, 0.25) is 0 Å². The number of amides is 3. The molecule has 3 aromatic rings. The van der Waals surface area contributed by atoms with Gasteiger partial charge in [0.1, 0.15) is 5.82 Å². The first-order chi connectivity index (χ1) is 15.1. The van der Waals surface area contributed by atoms with Crippen molar-refractivity contribution in [2.45, 2.75) is 25.7 Å². The number of benzene rings is 1. The molecule has 0 bridgehead atoms. The molecule has 31 heavy (non-hydrogen) atoms. The number of hydrogen-bond acceptors (Lipinski definition) is 5. The molecule has 158 valence electrons. The van der Waals surface area contributed by atoms with E-state index >= 15 is 0 Å². The smallest absolute Gasteiger partial charge is 0.320 e. The number of pyridine rings is 2. The molecule has 1 aromatic carbocycles. The average Bonchev–Trinajstić information content (AvgIpc) is 3.61. The van der Waals surface area contributed by atoms with Gasteiger partial charge >= 0.3 is 6.03 Å². The summed E-state index contributed by atoms with van der Waals surface area (Å²) in [5.74, 6) is 0.680. The van der Waals surface area contributed by atoms with E-state index in [1.54, 1.807) is 24.5 Å². The maximum atomic E-state index is 13.0. The van der Waals surface area contributed by atoms with Crippen molar-refractivity contribution in [2.24, 2.45) is 0 Å². The molecule has 2 heterocycles. The van der Waals surface area contributed by atoms with Gasteiger partial charge in [0.15, 0.2) is 0 Å². The number of nitrogens with zero attached hydrogens (tertiary/aromatic N) is 2. The van der Waals surface area contributed by atoms with Gasteiger partial charge < -0.3 is 16.0 Å². The number of nitrogens with one attached hydrogen (secondary N) is 4. The molecular weight excluding hydrogens is 392 g/mol. The topological polar surface area (TPSA) is 108 Å². The van der Waals surface area contributed by atoms with Crippen molar-refractivity contribution >= 4 is 34.8 Å². The van der Waals surface area contributed by atoms with Gasteiger partial charge in [-0.15, -0.1) is 0 Å². The Kier molecular flexibility index (Phi) is 6.07. The van der Waals surface area contributed by atoms with E-state index in [-0.39, 0.29) is 11.9 Å². The summed E-state index contributed by atoms with van der Waals surface area (Å²) in [6.45, 7) is 2.32. The number of anilines is 4. The molecule has 8 nitrogen and oxygen atoms in total. The molecule has 3 amide bonds. The first-order valence-corrected chi connectivity index (χ1v) is 10.3. The maximum Gasteiger partial charge on any atom is 0.320 e. The Labute approximate surface area is 180 Å². The van der Waals surface area contributed by atoms with Crippen LogP contribution in [0.25, 0.3) is 0 Å². The van der Waals surface area contributed by atoms with Crippen molar-refractivity contribution in [3.05, 3.63) is 72.2 Å². The largest absolute Gasteiger partial charge is 0.353 e. The van der Waals surface area contributed by atoms with Crippen molar-refractivity contribution in [1.82, 2.24) is 15.3 Å². The van der Waals surface area contributed by atoms with Crippen LogP contribution in [0, 0.1) is 0 Å². The maximum absolute atomic E-state index is 13.0. The molecule has 1 fully saturated rings. The molecule has 1 aliphatic rings. The van der Waals surface area contributed by atoms with E-state index in [4.69, 9.17) is 0 Å². The lowest BCUT2D eigenvalue weighted by molar-refractivity contribution is 0.102. The molecule has 0 aliphatic heterocycles. The number of aromatic nitrogens is 2. The molecule has 0 saturated heterocycles. The van der Waals surface area contributed by atoms with Crippen molar-refractivity contribution in [3.63, 3.8) is 0 Å². The van der Waals surface area contributed by atoms with E-state index in [9.17, 15) is 9.59 Å². The molecule has 1 aliphatic carbocycles. The van der Waals surface area contributed by atoms with E-state index in [2.05, 4.69) is 43.4 Å². The number of urea groups is 1. The zero-order valence-electron chi connectivity index (χ0n) is 17.2. The first kappa shape index (κ1) is 20.3. The van der Waals surface area contributed by atoms with Crippen LogP contribution in [-0.2, 0) is 0 Å². The lowest BCUT2D eigenvalue weighted by Gasteiger charge is -2.14. The molecule has 0 spiro atoms. The molecule has 2 aromatic heterocycles. The van der Waals surface area contributed by atoms with Crippen LogP contribution in [0.1, 0.15) is 41.6 Å². The highest BCUT2D eigenvalue weighted by Gasteiger charge is 2.23. The molecule has 8 heteroatoms. The quantitative estimate of drug-likeness (QED) is 0.454. The Morgan fingerprint density at radius 2 is 1.84 bits per heavy atom. The summed E-state index contributed by atoms with van der Waals surface area (Å²) in [6.07, 6.45) is 7.22. The average molecular weight is 416 g/mol. The van der Waals surface area contributed by atoms with Crippen molar-refractivity contribution in [3.8, 4) is 0 Å². The SMILES string of the molecule is CCNC(=O)Nc1cc(Nc2cccnc2)c(C(=O)Nc2ccc(C3CC3)cc2)cn1. The molecule has 4 rings (SSSR count). The van der Waals surface area contributed by atoms with Gasteiger partial charge in [-0.1, -0.05) is 12.1 Å². The van der Waals surface area contributed by atoms with Gasteiger partial charge in [-0.2, -0.15) is 0 Å². The molecule has 4 N–H and O–H groups in total. The highest BCUT2D eigenvalue weighted by molar-refractivity contribution is 6.08. The van der Waals surface area contributed by atoms with Crippen molar-refractivity contribution in [2.75, 3.05) is 22.5 Å². The van der Waals surface area contributed by atoms with E-state index in [0.717, 1.165) is 0 Å². The number of carbonyl (C=O) groups excluding carboxylic acids is 2. The minimum Gasteiger partial charge on any atom is -0.353 e. The van der Waals surface area contributed by atoms with Gasteiger partial charge in [-0.05, 0) is 55.5 Å². The minimum absolute atomic E-state index is 0.303. The van der Waals surface area contributed by atoms with Crippen LogP contribution in [0.15, 0.2) is 61.1 Å². The summed E-state index contributed by atoms with van der Waals surface area (Å²) >= 11 is 0. The van der Waals surface area contributed by atoms with E-state index in [1.807, 2.05) is 25.1 Å². The highest BCUT2D eigenvalue weighted by atomic mass is 16.2. The lowest BCUT2D eigenvalue weighted by Crippen LogP contribution is -2.28. The molecular formula is C23H24N6O2. The second-order valence-corrected chi connectivity index (χ2v) is 7.32. The van der Waals surface area contributed by atoms with Crippen LogP contribution in [-0.4, -0.2) is 28.5 Å². The molecule has 1 saturated carbocycles. The summed E-state index contributed by atoms with van der Waals surface area (Å²) in [5, 5.41) is 11.4. The van der Waals surface area contributed by atoms with Gasteiger partial charge in [-0.3, -0.25) is 15.1 Å². The van der Waals surface area contributed by atoms with Crippen LogP contribution >= 0.6 is 0 Å². The fourth-order valence-electron chi connectivity index (χ4n) is 3.18. The van der Waals surface area contributed by atoms with Crippen LogP contribution < -0.4 is 21.3 Å². The van der Waals surface area contributed by atoms with Gasteiger partial charge in [-0.25, -0.2) is 9.78 Å². The summed E-state index contributed by atoms with van der Waals surface area (Å²) in [7, 11) is 0. The third-order valence-corrected chi connectivity index (χ3v) is 4.89. The zero-order chi connectivity index (χ0) is 21.6. The Bertz CT molecular complexity index is 1070. The van der Waals surface area contributed by atoms with Crippen molar-refractivity contribution in [1.29, 1.82) is 0 Å². The predicted molar refractivity (Wildman–Crippen MR) is 121 cm³/mol. The third-order valence-electron chi connectivity index (χ3n) is 4.89. The number of hydrogen-bond donors (Lipinski definition) is 4. The van der Waals surface area contributed by atoms with Gasteiger partial charge in [0.25, 0.3) is 5.91 Å². The van der Waals surface area contributed by atoms with E-state index in [0.29, 0.717) is 40.9 Å². The second kappa shape index (κ2) is 9.25. The second-order valence-electron chi connectivity index (χ2n) is 7.32. The van der Waals surface area contributed by atoms with Crippen LogP contribution in [0.4, 0.5) is 27.7 Å². The third kappa shape index (κ3) is 5.36. The standard InChI is InChI=1S/C23H24N6O2/c1-2-25-23(31)29-21-12-20(27-18-4-3-11-24-13-18)19(14-26-21)22(30)28-17-9-7-16(8-10-17)15-5-6-15/h3-4,7-15H,2,5-6H2,1H3,(H,28,30)(H3,25,26,27,29,31). The Balaban J connectivity index is 1.56. The fraction of sp³-hybridized carbons (Fsp3) is 0.217. The minimum atomic E-state index is -0.365. The summed E-state index contributed by atoms with van der Waals surface area (Å²) in [4.78, 5) is 33.1. The highest BCUT2D eigenvalue weighted by Crippen LogP contribution is 2.40. The number of carbonyl (C=O) groups is 2. The van der Waals surface area contributed by atoms with Crippen molar-refractivity contribution < 1.29 is 9.59 Å². The Morgan fingerprint density at radius 3 is 2.52 bits per heavy atom. The summed E-state index contributed by atoms with van der Waals surface area (Å²) in [5.41, 5.74) is 3.57. The monoisotopic (exact) mass is 416 g/mol. The molecule has 0 atom stereocenters. The van der Waals surface area contributed by atoms with Crippen LogP contribution in [0.3, 0.4) is 0 Å². The Hall–Kier alpha value is -3.94. The fourth-order valence-corrected chi connectivity index (χ4v) is 3.18. The Morgan fingerprint density at radius 1 is 1.03 bits per heavy atom. The van der Waals surface area contributed by atoms with Gasteiger partial charge in [0.2, 0.25) is 0 Å². The van der Waals surface area contributed by atoms with Gasteiger partial charge in [0, 0.05) is 30.7 Å².